The van der Waals surface area contributed by atoms with E-state index in [4.69, 9.17) is 9.26 Å². The van der Waals surface area contributed by atoms with Gasteiger partial charge in [0.25, 0.3) is 5.78 Å². The highest BCUT2D eigenvalue weighted by atomic mass is 19.1. The van der Waals surface area contributed by atoms with Crippen LogP contribution in [0.3, 0.4) is 0 Å². The maximum atomic E-state index is 13.3. The predicted octanol–water partition coefficient (Wildman–Crippen LogP) is 4.15. The van der Waals surface area contributed by atoms with Crippen molar-refractivity contribution in [3.63, 3.8) is 0 Å². The van der Waals surface area contributed by atoms with Crippen molar-refractivity contribution in [2.75, 3.05) is 11.5 Å². The van der Waals surface area contributed by atoms with Crippen LogP contribution in [0, 0.1) is 12.7 Å². The molecule has 0 spiro atoms. The lowest BCUT2D eigenvalue weighted by molar-refractivity contribution is -0.132. The summed E-state index contributed by atoms with van der Waals surface area (Å²) in [6.07, 6.45) is 0. The smallest absolute Gasteiger partial charge is 0.301 e. The number of amides is 1. The summed E-state index contributed by atoms with van der Waals surface area (Å²) < 4.78 is 23.9. The number of hydrogen-bond acceptors (Lipinski definition) is 6. The number of aliphatic hydroxyl groups excluding tert-OH is 1. The van der Waals surface area contributed by atoms with E-state index >= 15 is 0 Å². The Hall–Kier alpha value is -3.94. The number of aromatic nitrogens is 1. The highest BCUT2D eigenvalue weighted by molar-refractivity contribution is 6.51. The summed E-state index contributed by atoms with van der Waals surface area (Å²) in [6.45, 7) is 4.01. The third kappa shape index (κ3) is 3.68. The van der Waals surface area contributed by atoms with Crippen molar-refractivity contribution in [3.05, 3.63) is 82.9 Å². The lowest BCUT2D eigenvalue weighted by atomic mass is 9.95. The number of anilines is 1. The van der Waals surface area contributed by atoms with Crippen molar-refractivity contribution in [3.8, 4) is 5.75 Å². The van der Waals surface area contributed by atoms with Crippen LogP contribution in [0.1, 0.15) is 29.9 Å². The second-order valence-corrected chi connectivity index (χ2v) is 6.97. The van der Waals surface area contributed by atoms with Crippen LogP contribution in [-0.2, 0) is 9.59 Å². The Labute approximate surface area is 177 Å². The Bertz CT molecular complexity index is 1170. The van der Waals surface area contributed by atoms with E-state index in [9.17, 15) is 19.1 Å². The third-order valence-electron chi connectivity index (χ3n) is 4.93. The SMILES string of the molecule is CCOc1ccc(C2/C(=C(\O)c3ccc(F)cc3)C(=O)C(=O)N2c2cc(C)on2)cc1. The van der Waals surface area contributed by atoms with Gasteiger partial charge < -0.3 is 14.4 Å². The molecule has 1 aromatic heterocycles. The summed E-state index contributed by atoms with van der Waals surface area (Å²) in [5, 5.41) is 14.8. The monoisotopic (exact) mass is 422 g/mol. The molecule has 1 N–H and O–H groups in total. The molecule has 7 nitrogen and oxygen atoms in total. The highest BCUT2D eigenvalue weighted by Crippen LogP contribution is 2.42. The molecule has 0 saturated carbocycles. The largest absolute Gasteiger partial charge is 0.507 e. The Kier molecular flexibility index (Phi) is 5.29. The minimum absolute atomic E-state index is 0.124. The van der Waals surface area contributed by atoms with Gasteiger partial charge in [-0.05, 0) is 55.8 Å². The molecule has 1 amide bonds. The first-order valence-corrected chi connectivity index (χ1v) is 9.63. The van der Waals surface area contributed by atoms with Gasteiger partial charge in [0.1, 0.15) is 23.1 Å². The highest BCUT2D eigenvalue weighted by Gasteiger charge is 2.48. The van der Waals surface area contributed by atoms with Crippen LogP contribution in [-0.4, -0.2) is 28.6 Å². The number of ketones is 1. The van der Waals surface area contributed by atoms with Crippen LogP contribution in [0.15, 0.2) is 64.7 Å². The van der Waals surface area contributed by atoms with Gasteiger partial charge in [-0.3, -0.25) is 14.5 Å². The molecule has 0 radical (unpaired) electrons. The van der Waals surface area contributed by atoms with E-state index in [1.54, 1.807) is 31.2 Å². The second-order valence-electron chi connectivity index (χ2n) is 6.97. The normalized spacial score (nSPS) is 17.9. The number of rotatable bonds is 5. The van der Waals surface area contributed by atoms with Gasteiger partial charge in [-0.1, -0.05) is 17.3 Å². The van der Waals surface area contributed by atoms with Gasteiger partial charge in [-0.15, -0.1) is 0 Å². The fourth-order valence-corrected chi connectivity index (χ4v) is 3.53. The molecule has 1 aliphatic heterocycles. The first-order chi connectivity index (χ1) is 14.9. The number of aliphatic hydroxyl groups is 1. The Balaban J connectivity index is 1.89. The first kappa shape index (κ1) is 20.3. The molecular formula is C23H19FN2O5. The van der Waals surface area contributed by atoms with E-state index in [2.05, 4.69) is 5.16 Å². The number of hydrogen-bond donors (Lipinski definition) is 1. The molecule has 2 heterocycles. The van der Waals surface area contributed by atoms with Crippen LogP contribution < -0.4 is 9.64 Å². The average Bonchev–Trinajstić information content (AvgIpc) is 3.30. The van der Waals surface area contributed by atoms with Crippen LogP contribution in [0.25, 0.3) is 5.76 Å². The number of halogens is 1. The van der Waals surface area contributed by atoms with Gasteiger partial charge in [0.05, 0.1) is 18.2 Å². The van der Waals surface area contributed by atoms with Gasteiger partial charge in [-0.25, -0.2) is 4.39 Å². The predicted molar refractivity (Wildman–Crippen MR) is 110 cm³/mol. The van der Waals surface area contributed by atoms with Crippen LogP contribution >= 0.6 is 0 Å². The van der Waals surface area contributed by atoms with Gasteiger partial charge in [-0.2, -0.15) is 0 Å². The minimum atomic E-state index is -0.953. The van der Waals surface area contributed by atoms with Crippen LogP contribution in [0.4, 0.5) is 10.2 Å². The summed E-state index contributed by atoms with van der Waals surface area (Å²) >= 11 is 0. The van der Waals surface area contributed by atoms with Crippen molar-refractivity contribution in [1.82, 2.24) is 5.16 Å². The van der Waals surface area contributed by atoms with Gasteiger partial charge in [0.15, 0.2) is 5.82 Å². The first-order valence-electron chi connectivity index (χ1n) is 9.63. The molecule has 1 saturated heterocycles. The number of ether oxygens (including phenoxy) is 1. The van der Waals surface area contributed by atoms with Crippen molar-refractivity contribution in [1.29, 1.82) is 0 Å². The van der Waals surface area contributed by atoms with E-state index in [1.807, 2.05) is 6.92 Å². The van der Waals surface area contributed by atoms with E-state index in [-0.39, 0.29) is 17.0 Å². The fourth-order valence-electron chi connectivity index (χ4n) is 3.53. The fraction of sp³-hybridized carbons (Fsp3) is 0.174. The summed E-state index contributed by atoms with van der Waals surface area (Å²) in [7, 11) is 0. The number of nitrogens with zero attached hydrogens (tertiary/aromatic N) is 2. The van der Waals surface area contributed by atoms with Crippen molar-refractivity contribution in [2.24, 2.45) is 0 Å². The summed E-state index contributed by atoms with van der Waals surface area (Å²) in [4.78, 5) is 27.1. The maximum Gasteiger partial charge on any atom is 0.301 e. The quantitative estimate of drug-likeness (QED) is 0.377. The number of aryl methyl sites for hydroxylation is 1. The zero-order valence-electron chi connectivity index (χ0n) is 16.8. The number of carbonyl (C=O) groups is 2. The van der Waals surface area contributed by atoms with Gasteiger partial charge >= 0.3 is 5.91 Å². The lowest BCUT2D eigenvalue weighted by Gasteiger charge is -2.23. The molecule has 4 rings (SSSR count). The molecule has 158 valence electrons. The van der Waals surface area contributed by atoms with Crippen molar-refractivity contribution in [2.45, 2.75) is 19.9 Å². The molecule has 1 fully saturated rings. The molecule has 0 bridgehead atoms. The molecule has 1 aliphatic rings. The third-order valence-corrected chi connectivity index (χ3v) is 4.93. The van der Waals surface area contributed by atoms with Gasteiger partial charge in [0.2, 0.25) is 0 Å². The molecule has 2 aromatic carbocycles. The Morgan fingerprint density at radius 3 is 2.42 bits per heavy atom. The average molecular weight is 422 g/mol. The van der Waals surface area contributed by atoms with E-state index in [0.29, 0.717) is 23.7 Å². The molecule has 1 atom stereocenters. The van der Waals surface area contributed by atoms with E-state index in [0.717, 1.165) is 12.1 Å². The Morgan fingerprint density at radius 2 is 1.84 bits per heavy atom. The molecule has 1 unspecified atom stereocenters. The Morgan fingerprint density at radius 1 is 1.16 bits per heavy atom. The minimum Gasteiger partial charge on any atom is -0.507 e. The summed E-state index contributed by atoms with van der Waals surface area (Å²) in [6, 6.07) is 12.4. The number of benzene rings is 2. The van der Waals surface area contributed by atoms with Crippen LogP contribution in [0.5, 0.6) is 5.75 Å². The maximum absolute atomic E-state index is 13.3. The lowest BCUT2D eigenvalue weighted by Crippen LogP contribution is -2.29. The van der Waals surface area contributed by atoms with Crippen molar-refractivity contribution < 1.29 is 28.3 Å². The molecule has 3 aromatic rings. The number of carbonyl (C=O) groups excluding carboxylic acids is 2. The zero-order valence-corrected chi connectivity index (χ0v) is 16.8. The molecular weight excluding hydrogens is 403 g/mol. The van der Waals surface area contributed by atoms with Crippen molar-refractivity contribution >= 4 is 23.3 Å². The number of Topliss-reactive ketones (excluding diaryl/α,β-unsaturated/α-hetero) is 1. The van der Waals surface area contributed by atoms with Crippen LogP contribution in [0.2, 0.25) is 0 Å². The standard InChI is InChI=1S/C23H19FN2O5/c1-3-30-17-10-6-14(7-11-17)20-19(21(27)15-4-8-16(24)9-5-15)22(28)23(29)26(20)18-12-13(2)31-25-18/h4-12,20,27H,3H2,1-2H3/b21-19+. The zero-order chi connectivity index (χ0) is 22.1. The van der Waals surface area contributed by atoms with E-state index in [1.165, 1.54) is 23.1 Å². The molecule has 8 heteroatoms. The summed E-state index contributed by atoms with van der Waals surface area (Å²) in [5.74, 6) is -1.38. The molecule has 0 aliphatic carbocycles. The van der Waals surface area contributed by atoms with E-state index < -0.39 is 29.3 Å². The second kappa shape index (κ2) is 8.06. The molecule has 31 heavy (non-hydrogen) atoms. The topological polar surface area (TPSA) is 92.9 Å². The van der Waals surface area contributed by atoms with Gasteiger partial charge in [0, 0.05) is 11.6 Å². The summed E-state index contributed by atoms with van der Waals surface area (Å²) in [5.41, 5.74) is 0.653.